The molecule has 2 atom stereocenters. The van der Waals surface area contributed by atoms with E-state index in [2.05, 4.69) is 35.1 Å². The van der Waals surface area contributed by atoms with Gasteiger partial charge in [-0.2, -0.15) is 0 Å². The Bertz CT molecular complexity index is 496. The van der Waals surface area contributed by atoms with Crippen molar-refractivity contribution in [3.63, 3.8) is 0 Å². The molecule has 1 aromatic heterocycles. The first kappa shape index (κ1) is 18.1. The smallest absolute Gasteiger partial charge is 0.166 e. The van der Waals surface area contributed by atoms with Gasteiger partial charge in [0, 0.05) is 6.04 Å². The Hall–Kier alpha value is -0.690. The van der Waals surface area contributed by atoms with E-state index in [0.29, 0.717) is 18.1 Å². The van der Waals surface area contributed by atoms with E-state index in [1.54, 1.807) is 4.90 Å². The summed E-state index contributed by atoms with van der Waals surface area (Å²) in [7, 11) is 0. The SMILES string of the molecule is C[C@H](NC(=S)NC1CCCCC1)[C@H](c1cccs1)[NH+]1CCOCC1. The summed E-state index contributed by atoms with van der Waals surface area (Å²) >= 11 is 7.46. The van der Waals surface area contributed by atoms with Crippen molar-refractivity contribution >= 4 is 28.7 Å². The van der Waals surface area contributed by atoms with Crippen LogP contribution in [0.1, 0.15) is 49.9 Å². The highest BCUT2D eigenvalue weighted by molar-refractivity contribution is 7.80. The van der Waals surface area contributed by atoms with Crippen LogP contribution in [0, 0.1) is 0 Å². The Morgan fingerprint density at radius 2 is 2.04 bits per heavy atom. The molecule has 1 aliphatic heterocycles. The molecule has 134 valence electrons. The van der Waals surface area contributed by atoms with Crippen LogP contribution in [-0.2, 0) is 4.74 Å². The molecule has 6 heteroatoms. The van der Waals surface area contributed by atoms with E-state index in [1.807, 2.05) is 11.3 Å². The number of thiophene rings is 1. The van der Waals surface area contributed by atoms with E-state index >= 15 is 0 Å². The molecular weight excluding hydrogens is 338 g/mol. The number of hydrogen-bond donors (Lipinski definition) is 3. The molecule has 0 unspecified atom stereocenters. The molecule has 4 nitrogen and oxygen atoms in total. The maximum absolute atomic E-state index is 5.61. The van der Waals surface area contributed by atoms with Crippen molar-refractivity contribution in [3.05, 3.63) is 22.4 Å². The zero-order chi connectivity index (χ0) is 16.8. The molecule has 1 aromatic rings. The van der Waals surface area contributed by atoms with Crippen LogP contribution in [0.3, 0.4) is 0 Å². The quantitative estimate of drug-likeness (QED) is 0.694. The van der Waals surface area contributed by atoms with Crippen molar-refractivity contribution in [2.24, 2.45) is 0 Å². The van der Waals surface area contributed by atoms with Gasteiger partial charge in [0.15, 0.2) is 5.11 Å². The van der Waals surface area contributed by atoms with E-state index in [9.17, 15) is 0 Å². The lowest BCUT2D eigenvalue weighted by Gasteiger charge is -2.35. The Kier molecular flexibility index (Phi) is 6.89. The summed E-state index contributed by atoms with van der Waals surface area (Å²) in [4.78, 5) is 3.04. The third-order valence-corrected chi connectivity index (χ3v) is 6.41. The Balaban J connectivity index is 1.60. The number of thiocarbonyl (C=S) groups is 1. The molecule has 0 spiro atoms. The molecule has 24 heavy (non-hydrogen) atoms. The maximum Gasteiger partial charge on any atom is 0.166 e. The summed E-state index contributed by atoms with van der Waals surface area (Å²) in [5, 5.41) is 10.1. The molecule has 0 amide bonds. The van der Waals surface area contributed by atoms with Gasteiger partial charge in [0.1, 0.15) is 19.1 Å². The maximum atomic E-state index is 5.61. The summed E-state index contributed by atoms with van der Waals surface area (Å²) < 4.78 is 5.55. The van der Waals surface area contributed by atoms with Crippen LogP contribution >= 0.6 is 23.6 Å². The van der Waals surface area contributed by atoms with E-state index in [4.69, 9.17) is 17.0 Å². The molecule has 1 saturated heterocycles. The summed E-state index contributed by atoms with van der Waals surface area (Å²) in [6.45, 7) is 6.11. The van der Waals surface area contributed by atoms with Crippen molar-refractivity contribution in [1.29, 1.82) is 0 Å². The number of quaternary nitrogens is 1. The molecule has 1 aliphatic carbocycles. The summed E-state index contributed by atoms with van der Waals surface area (Å²) in [5.74, 6) is 0. The fraction of sp³-hybridized carbons (Fsp3) is 0.722. The molecule has 3 rings (SSSR count). The molecule has 0 radical (unpaired) electrons. The van der Waals surface area contributed by atoms with Crippen LogP contribution in [0.4, 0.5) is 0 Å². The standard InChI is InChI=1S/C18H29N3OS2/c1-14(19-18(23)20-15-6-3-2-4-7-15)17(16-8-5-13-24-16)21-9-11-22-12-10-21/h5,8,13-15,17H,2-4,6-7,9-12H2,1H3,(H2,19,20,23)/p+1/t14-,17+/m0/s1. The molecule has 2 heterocycles. The second-order valence-electron chi connectivity index (χ2n) is 7.01. The number of nitrogens with one attached hydrogen (secondary N) is 3. The molecule has 2 aliphatic rings. The van der Waals surface area contributed by atoms with Crippen LogP contribution in [0.2, 0.25) is 0 Å². The highest BCUT2D eigenvalue weighted by atomic mass is 32.1. The van der Waals surface area contributed by atoms with Gasteiger partial charge in [0.05, 0.1) is 24.1 Å². The van der Waals surface area contributed by atoms with Gasteiger partial charge < -0.3 is 20.3 Å². The van der Waals surface area contributed by atoms with Crippen LogP contribution in [0.5, 0.6) is 0 Å². The van der Waals surface area contributed by atoms with Crippen molar-refractivity contribution in [3.8, 4) is 0 Å². The van der Waals surface area contributed by atoms with E-state index in [-0.39, 0.29) is 0 Å². The van der Waals surface area contributed by atoms with Gasteiger partial charge in [0.2, 0.25) is 0 Å². The van der Waals surface area contributed by atoms with Gasteiger partial charge in [-0.05, 0) is 43.4 Å². The predicted octanol–water partition coefficient (Wildman–Crippen LogP) is 1.89. The zero-order valence-electron chi connectivity index (χ0n) is 14.6. The lowest BCUT2D eigenvalue weighted by molar-refractivity contribution is -0.939. The second kappa shape index (κ2) is 9.13. The minimum atomic E-state index is 0.306. The Labute approximate surface area is 155 Å². The lowest BCUT2D eigenvalue weighted by Crippen LogP contribution is -3.15. The van der Waals surface area contributed by atoms with Crippen molar-refractivity contribution in [1.82, 2.24) is 10.6 Å². The minimum absolute atomic E-state index is 0.306. The zero-order valence-corrected chi connectivity index (χ0v) is 16.2. The molecule has 0 aromatic carbocycles. The normalized spacial score (nSPS) is 22.7. The topological polar surface area (TPSA) is 37.7 Å². The van der Waals surface area contributed by atoms with Crippen LogP contribution in [-0.4, -0.2) is 43.5 Å². The van der Waals surface area contributed by atoms with Crippen molar-refractivity contribution in [2.75, 3.05) is 26.3 Å². The van der Waals surface area contributed by atoms with E-state index < -0.39 is 0 Å². The molecule has 3 N–H and O–H groups in total. The van der Waals surface area contributed by atoms with Gasteiger partial charge in [-0.3, -0.25) is 0 Å². The molecule has 1 saturated carbocycles. The monoisotopic (exact) mass is 368 g/mol. The minimum Gasteiger partial charge on any atom is -0.370 e. The van der Waals surface area contributed by atoms with Crippen LogP contribution < -0.4 is 15.5 Å². The van der Waals surface area contributed by atoms with Gasteiger partial charge in [-0.25, -0.2) is 0 Å². The first-order valence-corrected chi connectivity index (χ1v) is 10.6. The number of hydrogen-bond acceptors (Lipinski definition) is 3. The van der Waals surface area contributed by atoms with E-state index in [1.165, 1.54) is 37.0 Å². The number of ether oxygens (including phenoxy) is 1. The lowest BCUT2D eigenvalue weighted by atomic mass is 9.96. The second-order valence-corrected chi connectivity index (χ2v) is 8.39. The van der Waals surface area contributed by atoms with Gasteiger partial charge in [-0.1, -0.05) is 25.3 Å². The van der Waals surface area contributed by atoms with Gasteiger partial charge in [-0.15, -0.1) is 11.3 Å². The highest BCUT2D eigenvalue weighted by Gasteiger charge is 2.32. The fourth-order valence-corrected chi connectivity index (χ4v) is 5.32. The fourth-order valence-electron chi connectivity index (χ4n) is 3.98. The summed E-state index contributed by atoms with van der Waals surface area (Å²) in [6, 6.07) is 5.70. The molecule has 2 fully saturated rings. The number of rotatable bonds is 5. The van der Waals surface area contributed by atoms with Gasteiger partial charge >= 0.3 is 0 Å². The molecular formula is C18H30N3OS2+. The summed E-state index contributed by atoms with van der Waals surface area (Å²) in [5.41, 5.74) is 0. The number of morpholine rings is 1. The summed E-state index contributed by atoms with van der Waals surface area (Å²) in [6.07, 6.45) is 6.52. The highest BCUT2D eigenvalue weighted by Crippen LogP contribution is 2.20. The Morgan fingerprint density at radius 1 is 1.29 bits per heavy atom. The third kappa shape index (κ3) is 4.91. The third-order valence-electron chi connectivity index (χ3n) is 5.22. The Morgan fingerprint density at radius 3 is 2.71 bits per heavy atom. The molecule has 0 bridgehead atoms. The van der Waals surface area contributed by atoms with Crippen LogP contribution in [0.15, 0.2) is 17.5 Å². The predicted molar refractivity (Wildman–Crippen MR) is 104 cm³/mol. The first-order chi connectivity index (χ1) is 11.7. The first-order valence-electron chi connectivity index (χ1n) is 9.27. The van der Waals surface area contributed by atoms with Crippen LogP contribution in [0.25, 0.3) is 0 Å². The average Bonchev–Trinajstić information content (AvgIpc) is 3.11. The van der Waals surface area contributed by atoms with Crippen molar-refractivity contribution in [2.45, 2.75) is 57.2 Å². The average molecular weight is 369 g/mol. The van der Waals surface area contributed by atoms with Gasteiger partial charge in [0.25, 0.3) is 0 Å². The largest absolute Gasteiger partial charge is 0.370 e. The van der Waals surface area contributed by atoms with E-state index in [0.717, 1.165) is 31.4 Å². The van der Waals surface area contributed by atoms with Crippen molar-refractivity contribution < 1.29 is 9.64 Å².